The SMILES string of the molecule is CCC1(c2ccccc2OC)OCC(CCl)O1. The molecule has 1 saturated heterocycles. The molecule has 1 fully saturated rings. The molecule has 3 nitrogen and oxygen atoms in total. The molecule has 1 aliphatic rings. The second kappa shape index (κ2) is 5.25. The number of benzene rings is 1. The molecule has 0 amide bonds. The molecule has 2 atom stereocenters. The fourth-order valence-electron chi connectivity index (χ4n) is 2.12. The number of alkyl halides is 1. The number of ether oxygens (including phenoxy) is 3. The molecule has 1 heterocycles. The summed E-state index contributed by atoms with van der Waals surface area (Å²) in [5.41, 5.74) is 0.928. The van der Waals surface area contributed by atoms with E-state index in [-0.39, 0.29) is 6.10 Å². The first kappa shape index (κ1) is 12.7. The van der Waals surface area contributed by atoms with Gasteiger partial charge in [-0.2, -0.15) is 0 Å². The Bertz CT molecular complexity index is 383. The minimum Gasteiger partial charge on any atom is -0.496 e. The van der Waals surface area contributed by atoms with Crippen molar-refractivity contribution in [3.05, 3.63) is 29.8 Å². The molecule has 2 rings (SSSR count). The Morgan fingerprint density at radius 3 is 2.82 bits per heavy atom. The van der Waals surface area contributed by atoms with Gasteiger partial charge in [0, 0.05) is 6.42 Å². The Balaban J connectivity index is 2.35. The summed E-state index contributed by atoms with van der Waals surface area (Å²) in [6, 6.07) is 7.77. The van der Waals surface area contributed by atoms with E-state index < -0.39 is 5.79 Å². The van der Waals surface area contributed by atoms with E-state index in [1.807, 2.05) is 31.2 Å². The van der Waals surface area contributed by atoms with Crippen molar-refractivity contribution < 1.29 is 14.2 Å². The zero-order valence-electron chi connectivity index (χ0n) is 10.1. The maximum absolute atomic E-state index is 5.94. The molecular formula is C13H17ClO3. The third kappa shape index (κ3) is 2.28. The lowest BCUT2D eigenvalue weighted by Crippen LogP contribution is -2.28. The van der Waals surface area contributed by atoms with Gasteiger partial charge in [0.15, 0.2) is 5.79 Å². The van der Waals surface area contributed by atoms with Gasteiger partial charge in [-0.15, -0.1) is 11.6 Å². The monoisotopic (exact) mass is 256 g/mol. The third-order valence-electron chi connectivity index (χ3n) is 3.01. The fourth-order valence-corrected chi connectivity index (χ4v) is 2.27. The van der Waals surface area contributed by atoms with Gasteiger partial charge in [-0.3, -0.25) is 0 Å². The number of halogens is 1. The van der Waals surface area contributed by atoms with Crippen LogP contribution in [-0.2, 0) is 15.3 Å². The first-order valence-electron chi connectivity index (χ1n) is 5.77. The van der Waals surface area contributed by atoms with Gasteiger partial charge in [0.1, 0.15) is 5.75 Å². The van der Waals surface area contributed by atoms with E-state index in [2.05, 4.69) is 0 Å². The molecule has 4 heteroatoms. The van der Waals surface area contributed by atoms with Crippen LogP contribution in [0.15, 0.2) is 24.3 Å². The van der Waals surface area contributed by atoms with Crippen LogP contribution < -0.4 is 4.74 Å². The van der Waals surface area contributed by atoms with Crippen LogP contribution in [0.5, 0.6) is 5.75 Å². The summed E-state index contributed by atoms with van der Waals surface area (Å²) >= 11 is 5.82. The number of methoxy groups -OCH3 is 1. The molecule has 17 heavy (non-hydrogen) atoms. The first-order valence-corrected chi connectivity index (χ1v) is 6.30. The summed E-state index contributed by atoms with van der Waals surface area (Å²) < 4.78 is 17.1. The Hall–Kier alpha value is -0.770. The molecule has 1 aliphatic heterocycles. The second-order valence-electron chi connectivity index (χ2n) is 4.01. The summed E-state index contributed by atoms with van der Waals surface area (Å²) in [6.45, 7) is 2.55. The summed E-state index contributed by atoms with van der Waals surface area (Å²) in [4.78, 5) is 0. The minimum absolute atomic E-state index is 0.0541. The molecule has 0 aromatic heterocycles. The zero-order valence-corrected chi connectivity index (χ0v) is 10.9. The van der Waals surface area contributed by atoms with E-state index in [4.69, 9.17) is 25.8 Å². The lowest BCUT2D eigenvalue weighted by Gasteiger charge is -2.28. The van der Waals surface area contributed by atoms with Crippen LogP contribution in [0.1, 0.15) is 18.9 Å². The van der Waals surface area contributed by atoms with Gasteiger partial charge in [0.2, 0.25) is 0 Å². The molecule has 1 aromatic rings. The van der Waals surface area contributed by atoms with Crippen molar-refractivity contribution >= 4 is 11.6 Å². The number of hydrogen-bond donors (Lipinski definition) is 0. The molecule has 0 spiro atoms. The van der Waals surface area contributed by atoms with Crippen LogP contribution in [0.4, 0.5) is 0 Å². The van der Waals surface area contributed by atoms with E-state index in [0.29, 0.717) is 12.5 Å². The lowest BCUT2D eigenvalue weighted by atomic mass is 10.0. The van der Waals surface area contributed by atoms with Gasteiger partial charge in [0.05, 0.1) is 31.3 Å². The van der Waals surface area contributed by atoms with Crippen LogP contribution in [0.2, 0.25) is 0 Å². The van der Waals surface area contributed by atoms with Crippen molar-refractivity contribution in [3.8, 4) is 5.75 Å². The van der Waals surface area contributed by atoms with Gasteiger partial charge in [-0.05, 0) is 12.1 Å². The van der Waals surface area contributed by atoms with Crippen LogP contribution in [0, 0.1) is 0 Å². The van der Waals surface area contributed by atoms with Gasteiger partial charge in [0.25, 0.3) is 0 Å². The molecular weight excluding hydrogens is 240 g/mol. The average Bonchev–Trinajstić information content (AvgIpc) is 2.83. The Morgan fingerprint density at radius 2 is 2.24 bits per heavy atom. The largest absolute Gasteiger partial charge is 0.496 e. The van der Waals surface area contributed by atoms with E-state index in [1.165, 1.54) is 0 Å². The summed E-state index contributed by atoms with van der Waals surface area (Å²) in [5, 5.41) is 0. The molecule has 94 valence electrons. The predicted octanol–water partition coefficient (Wildman–Crippen LogP) is 2.91. The Kier molecular flexibility index (Phi) is 3.92. The van der Waals surface area contributed by atoms with E-state index in [9.17, 15) is 0 Å². The van der Waals surface area contributed by atoms with Gasteiger partial charge >= 0.3 is 0 Å². The lowest BCUT2D eigenvalue weighted by molar-refractivity contribution is -0.177. The fraction of sp³-hybridized carbons (Fsp3) is 0.538. The average molecular weight is 257 g/mol. The Labute approximate surface area is 107 Å². The number of rotatable bonds is 4. The molecule has 1 aromatic carbocycles. The molecule has 0 N–H and O–H groups in total. The standard InChI is InChI=1S/C13H17ClO3/c1-3-13(16-9-10(8-14)17-13)11-6-4-5-7-12(11)15-2/h4-7,10H,3,8-9H2,1-2H3. The van der Waals surface area contributed by atoms with Crippen LogP contribution in [-0.4, -0.2) is 25.7 Å². The second-order valence-corrected chi connectivity index (χ2v) is 4.32. The van der Waals surface area contributed by atoms with E-state index >= 15 is 0 Å². The first-order chi connectivity index (χ1) is 8.25. The molecule has 0 radical (unpaired) electrons. The van der Waals surface area contributed by atoms with Crippen molar-refractivity contribution in [1.82, 2.24) is 0 Å². The third-order valence-corrected chi connectivity index (χ3v) is 3.36. The van der Waals surface area contributed by atoms with Gasteiger partial charge in [-0.25, -0.2) is 0 Å². The van der Waals surface area contributed by atoms with Gasteiger partial charge < -0.3 is 14.2 Å². The highest BCUT2D eigenvalue weighted by Gasteiger charge is 2.43. The van der Waals surface area contributed by atoms with Crippen molar-refractivity contribution in [2.24, 2.45) is 0 Å². The van der Waals surface area contributed by atoms with E-state index in [1.54, 1.807) is 7.11 Å². The van der Waals surface area contributed by atoms with Crippen molar-refractivity contribution in [2.45, 2.75) is 25.2 Å². The number of hydrogen-bond acceptors (Lipinski definition) is 3. The highest BCUT2D eigenvalue weighted by atomic mass is 35.5. The van der Waals surface area contributed by atoms with E-state index in [0.717, 1.165) is 17.7 Å². The van der Waals surface area contributed by atoms with Crippen LogP contribution >= 0.6 is 11.6 Å². The van der Waals surface area contributed by atoms with Crippen molar-refractivity contribution in [2.75, 3.05) is 19.6 Å². The number of para-hydroxylation sites is 1. The van der Waals surface area contributed by atoms with Crippen molar-refractivity contribution in [1.29, 1.82) is 0 Å². The Morgan fingerprint density at radius 1 is 1.47 bits per heavy atom. The molecule has 0 aliphatic carbocycles. The zero-order chi connectivity index (χ0) is 12.3. The topological polar surface area (TPSA) is 27.7 Å². The van der Waals surface area contributed by atoms with Crippen LogP contribution in [0.25, 0.3) is 0 Å². The van der Waals surface area contributed by atoms with Crippen LogP contribution in [0.3, 0.4) is 0 Å². The smallest absolute Gasteiger partial charge is 0.198 e. The highest BCUT2D eigenvalue weighted by molar-refractivity contribution is 6.18. The predicted molar refractivity (Wildman–Crippen MR) is 66.5 cm³/mol. The maximum Gasteiger partial charge on any atom is 0.198 e. The normalized spacial score (nSPS) is 28.3. The quantitative estimate of drug-likeness (QED) is 0.776. The minimum atomic E-state index is -0.716. The summed E-state index contributed by atoms with van der Waals surface area (Å²) in [7, 11) is 1.65. The van der Waals surface area contributed by atoms with Crippen molar-refractivity contribution in [3.63, 3.8) is 0 Å². The summed E-state index contributed by atoms with van der Waals surface area (Å²) in [5.74, 6) is 0.507. The maximum atomic E-state index is 5.94. The van der Waals surface area contributed by atoms with Gasteiger partial charge in [-0.1, -0.05) is 19.1 Å². The summed E-state index contributed by atoms with van der Waals surface area (Å²) in [6.07, 6.45) is 0.669. The molecule has 0 bridgehead atoms. The molecule has 2 unspecified atom stereocenters. The molecule has 0 saturated carbocycles. The highest BCUT2D eigenvalue weighted by Crippen LogP contribution is 2.41.